The summed E-state index contributed by atoms with van der Waals surface area (Å²) < 4.78 is 8.75. The first-order valence-electron chi connectivity index (χ1n) is 8.76. The van der Waals surface area contributed by atoms with E-state index in [4.69, 9.17) is 4.74 Å². The molecule has 0 amide bonds. The summed E-state index contributed by atoms with van der Waals surface area (Å²) in [5.41, 5.74) is 2.03. The van der Waals surface area contributed by atoms with E-state index >= 15 is 0 Å². The number of aromatic nitrogens is 1. The number of hydrogen-bond donors (Lipinski definition) is 2. The highest BCUT2D eigenvalue weighted by molar-refractivity contribution is 9.10. The summed E-state index contributed by atoms with van der Waals surface area (Å²) in [4.78, 5) is 12.7. The van der Waals surface area contributed by atoms with E-state index in [1.165, 1.54) is 6.07 Å². The number of Topliss-reactive ketones (excluding diaryl/α,β-unsaturated/α-hetero) is 1. The molecule has 0 radical (unpaired) electrons. The Morgan fingerprint density at radius 3 is 2.81 bits per heavy atom. The molecule has 6 heteroatoms. The number of aryl methyl sites for hydroxylation is 1. The van der Waals surface area contributed by atoms with Gasteiger partial charge in [0.1, 0.15) is 22.8 Å². The Bertz CT molecular complexity index is 1100. The zero-order valence-electron chi connectivity index (χ0n) is 14.7. The highest BCUT2D eigenvalue weighted by Crippen LogP contribution is 2.41. The van der Waals surface area contributed by atoms with E-state index in [-0.39, 0.29) is 28.6 Å². The first-order chi connectivity index (χ1) is 13.0. The molecular weight excluding hydrogens is 410 g/mol. The van der Waals surface area contributed by atoms with Crippen LogP contribution in [0.4, 0.5) is 0 Å². The van der Waals surface area contributed by atoms with Crippen LogP contribution in [0.3, 0.4) is 0 Å². The highest BCUT2D eigenvalue weighted by atomic mass is 79.9. The van der Waals surface area contributed by atoms with E-state index in [1.807, 2.05) is 24.4 Å². The molecule has 2 heterocycles. The molecule has 2 aromatic carbocycles. The fourth-order valence-corrected chi connectivity index (χ4v) is 3.71. The second kappa shape index (κ2) is 6.78. The fraction of sp³-hybridized carbons (Fsp3) is 0.190. The van der Waals surface area contributed by atoms with E-state index in [2.05, 4.69) is 27.4 Å². The Balaban J connectivity index is 1.80. The van der Waals surface area contributed by atoms with E-state index in [0.29, 0.717) is 0 Å². The van der Waals surface area contributed by atoms with Gasteiger partial charge < -0.3 is 19.5 Å². The first kappa shape index (κ1) is 17.7. The van der Waals surface area contributed by atoms with Gasteiger partial charge in [0.15, 0.2) is 5.76 Å². The van der Waals surface area contributed by atoms with Crippen molar-refractivity contribution >= 4 is 38.7 Å². The smallest absolute Gasteiger partial charge is 0.235 e. The molecule has 4 rings (SSSR count). The van der Waals surface area contributed by atoms with Crippen LogP contribution in [0.15, 0.2) is 46.8 Å². The molecule has 1 aliphatic heterocycles. The van der Waals surface area contributed by atoms with Crippen molar-refractivity contribution in [2.75, 3.05) is 0 Å². The van der Waals surface area contributed by atoms with Gasteiger partial charge in [-0.1, -0.05) is 29.3 Å². The number of ketones is 1. The predicted molar refractivity (Wildman–Crippen MR) is 107 cm³/mol. The molecule has 138 valence electrons. The molecule has 1 aromatic heterocycles. The number of rotatable bonds is 4. The molecule has 0 fully saturated rings. The van der Waals surface area contributed by atoms with Crippen molar-refractivity contribution < 1.29 is 19.7 Å². The van der Waals surface area contributed by atoms with Gasteiger partial charge in [0.25, 0.3) is 0 Å². The van der Waals surface area contributed by atoms with Crippen molar-refractivity contribution in [1.29, 1.82) is 0 Å². The molecule has 2 N–H and O–H groups in total. The fourth-order valence-electron chi connectivity index (χ4n) is 3.34. The molecule has 5 nitrogen and oxygen atoms in total. The molecular formula is C21H18BrNO4. The number of phenols is 2. The molecule has 1 aliphatic rings. The summed E-state index contributed by atoms with van der Waals surface area (Å²) in [5.74, 6) is -0.543. The number of ether oxygens (including phenoxy) is 1. The lowest BCUT2D eigenvalue weighted by Gasteiger charge is -2.03. The van der Waals surface area contributed by atoms with Gasteiger partial charge in [0.05, 0.1) is 0 Å². The minimum atomic E-state index is -0.396. The van der Waals surface area contributed by atoms with Crippen LogP contribution in [0.5, 0.6) is 17.2 Å². The maximum Gasteiger partial charge on any atom is 0.235 e. The third kappa shape index (κ3) is 3.10. The Hall–Kier alpha value is -2.73. The zero-order valence-corrected chi connectivity index (χ0v) is 16.3. The van der Waals surface area contributed by atoms with Crippen molar-refractivity contribution in [3.8, 4) is 17.2 Å². The average Bonchev–Trinajstić information content (AvgIpc) is 3.11. The molecule has 0 spiro atoms. The number of benzene rings is 2. The second-order valence-corrected chi connectivity index (χ2v) is 7.49. The zero-order chi connectivity index (χ0) is 19.1. The first-order valence-corrected chi connectivity index (χ1v) is 9.56. The van der Waals surface area contributed by atoms with Crippen molar-refractivity contribution in [3.63, 3.8) is 0 Å². The van der Waals surface area contributed by atoms with Crippen molar-refractivity contribution in [3.05, 3.63) is 57.9 Å². The van der Waals surface area contributed by atoms with Crippen molar-refractivity contribution in [2.24, 2.45) is 0 Å². The number of nitrogens with zero attached hydrogens (tertiary/aromatic N) is 1. The monoisotopic (exact) mass is 427 g/mol. The lowest BCUT2D eigenvalue weighted by molar-refractivity contribution is 0.101. The number of aromatic hydroxyl groups is 2. The summed E-state index contributed by atoms with van der Waals surface area (Å²) in [6.45, 7) is 3.04. The summed E-state index contributed by atoms with van der Waals surface area (Å²) in [6.07, 6.45) is 5.85. The third-order valence-electron chi connectivity index (χ3n) is 4.65. The minimum absolute atomic E-state index is 0.0787. The number of allylic oxidation sites excluding steroid dienone is 1. The van der Waals surface area contributed by atoms with Crippen LogP contribution in [0.25, 0.3) is 17.0 Å². The molecule has 0 bridgehead atoms. The molecule has 0 atom stereocenters. The SMILES string of the molecule is CCCCn1cc(/C=C2\Oc3cc(O)cc(O)c3C2=O)c2cc(Br)ccc21. The number of unbranched alkanes of at least 4 members (excludes halogenated alkanes) is 1. The quantitative estimate of drug-likeness (QED) is 0.559. The number of carbonyl (C=O) groups excluding carboxylic acids is 1. The van der Waals surface area contributed by atoms with Crippen LogP contribution < -0.4 is 4.74 Å². The van der Waals surface area contributed by atoms with Gasteiger partial charge in [-0.05, 0) is 30.7 Å². The maximum absolute atomic E-state index is 12.7. The van der Waals surface area contributed by atoms with Crippen molar-refractivity contribution in [2.45, 2.75) is 26.3 Å². The largest absolute Gasteiger partial charge is 0.508 e. The van der Waals surface area contributed by atoms with Crippen LogP contribution in [-0.2, 0) is 6.54 Å². The van der Waals surface area contributed by atoms with E-state index in [9.17, 15) is 15.0 Å². The molecule has 0 saturated heterocycles. The standard InChI is InChI=1S/C21H18BrNO4/c1-2-3-6-23-11-12(15-8-13(22)4-5-16(15)23)7-19-21(26)20-17(25)9-14(24)10-18(20)27-19/h4-5,7-11,24-25H,2-3,6H2,1H3/b19-7-. The van der Waals surface area contributed by atoms with E-state index < -0.39 is 5.78 Å². The number of fused-ring (bicyclic) bond motifs is 2. The lowest BCUT2D eigenvalue weighted by Crippen LogP contribution is -1.98. The average molecular weight is 428 g/mol. The number of halogens is 1. The Morgan fingerprint density at radius 2 is 2.04 bits per heavy atom. The minimum Gasteiger partial charge on any atom is -0.508 e. The van der Waals surface area contributed by atoms with Crippen LogP contribution in [0.1, 0.15) is 35.7 Å². The summed E-state index contributed by atoms with van der Waals surface area (Å²) in [7, 11) is 0. The molecule has 0 unspecified atom stereocenters. The van der Waals surface area contributed by atoms with Crippen LogP contribution in [0.2, 0.25) is 0 Å². The van der Waals surface area contributed by atoms with E-state index in [0.717, 1.165) is 46.4 Å². The molecule has 27 heavy (non-hydrogen) atoms. The maximum atomic E-state index is 12.7. The number of carbonyl (C=O) groups is 1. The molecule has 0 saturated carbocycles. The predicted octanol–water partition coefficient (Wildman–Crippen LogP) is 5.23. The van der Waals surface area contributed by atoms with Gasteiger partial charge in [-0.2, -0.15) is 0 Å². The van der Waals surface area contributed by atoms with Gasteiger partial charge in [-0.3, -0.25) is 4.79 Å². The summed E-state index contributed by atoms with van der Waals surface area (Å²) >= 11 is 3.50. The van der Waals surface area contributed by atoms with Crippen LogP contribution in [-0.4, -0.2) is 20.6 Å². The van der Waals surface area contributed by atoms with Gasteiger partial charge in [-0.25, -0.2) is 0 Å². The molecule has 0 aliphatic carbocycles. The van der Waals surface area contributed by atoms with Gasteiger partial charge in [0, 0.05) is 45.8 Å². The molecule has 3 aromatic rings. The van der Waals surface area contributed by atoms with E-state index in [1.54, 1.807) is 6.08 Å². The highest BCUT2D eigenvalue weighted by Gasteiger charge is 2.31. The van der Waals surface area contributed by atoms with Gasteiger partial charge in [0.2, 0.25) is 5.78 Å². The Kier molecular flexibility index (Phi) is 4.44. The summed E-state index contributed by atoms with van der Waals surface area (Å²) in [5, 5.41) is 20.6. The Morgan fingerprint density at radius 1 is 1.22 bits per heavy atom. The lowest BCUT2D eigenvalue weighted by atomic mass is 10.1. The van der Waals surface area contributed by atoms with Crippen LogP contribution in [0, 0.1) is 0 Å². The Labute approximate surface area is 164 Å². The topological polar surface area (TPSA) is 71.7 Å². The number of phenolic OH excluding ortho intramolecular Hbond substituents is 2. The summed E-state index contributed by atoms with van der Waals surface area (Å²) in [6, 6.07) is 8.52. The van der Waals surface area contributed by atoms with Crippen molar-refractivity contribution in [1.82, 2.24) is 4.57 Å². The second-order valence-electron chi connectivity index (χ2n) is 6.57. The normalized spacial score (nSPS) is 14.7. The van der Waals surface area contributed by atoms with Crippen LogP contribution >= 0.6 is 15.9 Å². The number of hydrogen-bond acceptors (Lipinski definition) is 4. The van der Waals surface area contributed by atoms with Gasteiger partial charge in [-0.15, -0.1) is 0 Å². The third-order valence-corrected chi connectivity index (χ3v) is 5.14. The van der Waals surface area contributed by atoms with Gasteiger partial charge >= 0.3 is 0 Å².